The zero-order chi connectivity index (χ0) is 14.6. The molecule has 108 valence electrons. The molecule has 0 aliphatic carbocycles. The fourth-order valence-electron chi connectivity index (χ4n) is 1.83. The average molecular weight is 311 g/mol. The topological polar surface area (TPSA) is 69.4 Å². The lowest BCUT2D eigenvalue weighted by Gasteiger charge is -2.12. The fourth-order valence-corrected chi connectivity index (χ4v) is 4.35. The Morgan fingerprint density at radius 3 is 2.50 bits per heavy atom. The van der Waals surface area contributed by atoms with Crippen molar-refractivity contribution in [2.45, 2.75) is 17.2 Å². The molecule has 6 heteroatoms. The summed E-state index contributed by atoms with van der Waals surface area (Å²) < 4.78 is 30.0. The van der Waals surface area contributed by atoms with Crippen LogP contribution in [0.2, 0.25) is 0 Å². The summed E-state index contributed by atoms with van der Waals surface area (Å²) in [6, 6.07) is 9.99. The Balaban J connectivity index is 2.10. The monoisotopic (exact) mass is 311 g/mol. The summed E-state index contributed by atoms with van der Waals surface area (Å²) in [5.74, 6) is 0.658. The Morgan fingerprint density at radius 2 is 1.95 bits per heavy atom. The van der Waals surface area contributed by atoms with Crippen molar-refractivity contribution in [3.8, 4) is 5.75 Å². The van der Waals surface area contributed by atoms with E-state index in [2.05, 4.69) is 0 Å². The van der Waals surface area contributed by atoms with Crippen LogP contribution >= 0.6 is 11.3 Å². The minimum Gasteiger partial charge on any atom is -0.494 e. The molecule has 0 aliphatic rings. The summed E-state index contributed by atoms with van der Waals surface area (Å²) in [5, 5.41) is 1.75. The van der Waals surface area contributed by atoms with Crippen molar-refractivity contribution in [2.75, 3.05) is 12.4 Å². The Bertz CT molecular complexity index is 634. The van der Waals surface area contributed by atoms with Gasteiger partial charge in [0.2, 0.25) is 0 Å². The molecular weight excluding hydrogens is 294 g/mol. The smallest absolute Gasteiger partial charge is 0.189 e. The molecule has 0 saturated heterocycles. The van der Waals surface area contributed by atoms with Gasteiger partial charge in [0, 0.05) is 6.04 Å². The van der Waals surface area contributed by atoms with E-state index in [-0.39, 0.29) is 5.75 Å². The van der Waals surface area contributed by atoms with Crippen LogP contribution in [0.4, 0.5) is 0 Å². The predicted molar refractivity (Wildman–Crippen MR) is 80.9 cm³/mol. The summed E-state index contributed by atoms with van der Waals surface area (Å²) in [7, 11) is -3.32. The Kier molecular flexibility index (Phi) is 4.80. The molecule has 20 heavy (non-hydrogen) atoms. The number of thiophene rings is 1. The van der Waals surface area contributed by atoms with Gasteiger partial charge in [0.05, 0.1) is 12.4 Å². The summed E-state index contributed by atoms with van der Waals surface area (Å²) in [4.78, 5) is 0. The molecule has 1 heterocycles. The number of hydrogen-bond donors (Lipinski definition) is 1. The molecule has 0 radical (unpaired) electrons. The van der Waals surface area contributed by atoms with E-state index in [0.29, 0.717) is 10.8 Å². The SMILES string of the molecule is CCOc1ccc(C(N)CS(=O)(=O)c2cccs2)cc1. The van der Waals surface area contributed by atoms with Gasteiger partial charge in [-0.3, -0.25) is 0 Å². The zero-order valence-corrected chi connectivity index (χ0v) is 12.8. The van der Waals surface area contributed by atoms with Crippen LogP contribution in [0.5, 0.6) is 5.75 Å². The molecule has 1 atom stereocenters. The van der Waals surface area contributed by atoms with Crippen molar-refractivity contribution in [3.63, 3.8) is 0 Å². The van der Waals surface area contributed by atoms with Gasteiger partial charge in [-0.25, -0.2) is 8.42 Å². The largest absolute Gasteiger partial charge is 0.494 e. The second kappa shape index (κ2) is 6.39. The molecule has 1 unspecified atom stereocenters. The molecule has 2 aromatic rings. The fraction of sp³-hybridized carbons (Fsp3) is 0.286. The number of hydrogen-bond acceptors (Lipinski definition) is 5. The molecule has 2 rings (SSSR count). The second-order valence-electron chi connectivity index (χ2n) is 4.32. The molecule has 0 aliphatic heterocycles. The highest BCUT2D eigenvalue weighted by molar-refractivity contribution is 7.93. The van der Waals surface area contributed by atoms with Gasteiger partial charge in [0.15, 0.2) is 9.84 Å². The van der Waals surface area contributed by atoms with Gasteiger partial charge in [-0.1, -0.05) is 18.2 Å². The molecule has 1 aromatic carbocycles. The first-order valence-electron chi connectivity index (χ1n) is 6.27. The highest BCUT2D eigenvalue weighted by Gasteiger charge is 2.20. The van der Waals surface area contributed by atoms with Crippen LogP contribution < -0.4 is 10.5 Å². The van der Waals surface area contributed by atoms with Crippen molar-refractivity contribution >= 4 is 21.2 Å². The third kappa shape index (κ3) is 3.59. The van der Waals surface area contributed by atoms with Crippen LogP contribution in [0, 0.1) is 0 Å². The van der Waals surface area contributed by atoms with Gasteiger partial charge in [-0.05, 0) is 36.1 Å². The lowest BCUT2D eigenvalue weighted by atomic mass is 10.1. The third-order valence-corrected chi connectivity index (χ3v) is 6.08. The van der Waals surface area contributed by atoms with Gasteiger partial charge in [-0.15, -0.1) is 11.3 Å². The van der Waals surface area contributed by atoms with Gasteiger partial charge >= 0.3 is 0 Å². The number of ether oxygens (including phenoxy) is 1. The van der Waals surface area contributed by atoms with E-state index in [9.17, 15) is 8.42 Å². The predicted octanol–water partition coefficient (Wildman–Crippen LogP) is 2.62. The van der Waals surface area contributed by atoms with Crippen molar-refractivity contribution < 1.29 is 13.2 Å². The molecule has 4 nitrogen and oxygen atoms in total. The van der Waals surface area contributed by atoms with E-state index in [4.69, 9.17) is 10.5 Å². The van der Waals surface area contributed by atoms with Gasteiger partial charge < -0.3 is 10.5 Å². The molecule has 0 bridgehead atoms. The summed E-state index contributed by atoms with van der Waals surface area (Å²) in [6.45, 7) is 2.51. The third-order valence-electron chi connectivity index (χ3n) is 2.82. The minimum absolute atomic E-state index is 0.0957. The Hall–Kier alpha value is -1.37. The number of nitrogens with two attached hydrogens (primary N) is 1. The first kappa shape index (κ1) is 15.0. The van der Waals surface area contributed by atoms with Crippen LogP contribution in [-0.4, -0.2) is 20.8 Å². The van der Waals surface area contributed by atoms with Gasteiger partial charge in [-0.2, -0.15) is 0 Å². The first-order valence-corrected chi connectivity index (χ1v) is 8.80. The van der Waals surface area contributed by atoms with Crippen LogP contribution in [0.25, 0.3) is 0 Å². The van der Waals surface area contributed by atoms with Crippen LogP contribution in [0.3, 0.4) is 0 Å². The van der Waals surface area contributed by atoms with Crippen molar-refractivity contribution in [1.82, 2.24) is 0 Å². The molecule has 0 spiro atoms. The van der Waals surface area contributed by atoms with E-state index >= 15 is 0 Å². The minimum atomic E-state index is -3.32. The van der Waals surface area contributed by atoms with Crippen LogP contribution in [-0.2, 0) is 9.84 Å². The Morgan fingerprint density at radius 1 is 1.25 bits per heavy atom. The van der Waals surface area contributed by atoms with E-state index in [1.165, 1.54) is 11.3 Å². The molecule has 0 amide bonds. The van der Waals surface area contributed by atoms with Crippen LogP contribution in [0.15, 0.2) is 46.0 Å². The van der Waals surface area contributed by atoms with E-state index in [1.807, 2.05) is 6.92 Å². The van der Waals surface area contributed by atoms with E-state index < -0.39 is 15.9 Å². The van der Waals surface area contributed by atoms with E-state index in [1.54, 1.807) is 41.8 Å². The number of sulfone groups is 1. The zero-order valence-electron chi connectivity index (χ0n) is 11.2. The van der Waals surface area contributed by atoms with Crippen LogP contribution in [0.1, 0.15) is 18.5 Å². The number of rotatable bonds is 6. The maximum Gasteiger partial charge on any atom is 0.189 e. The Labute approximate surface area is 123 Å². The second-order valence-corrected chi connectivity index (χ2v) is 7.53. The average Bonchev–Trinajstić information content (AvgIpc) is 2.94. The van der Waals surface area contributed by atoms with Crippen molar-refractivity contribution in [2.24, 2.45) is 5.73 Å². The van der Waals surface area contributed by atoms with Crippen molar-refractivity contribution in [1.29, 1.82) is 0 Å². The van der Waals surface area contributed by atoms with Gasteiger partial charge in [0.1, 0.15) is 9.96 Å². The van der Waals surface area contributed by atoms with Gasteiger partial charge in [0.25, 0.3) is 0 Å². The lowest BCUT2D eigenvalue weighted by molar-refractivity contribution is 0.340. The molecule has 0 saturated carbocycles. The summed E-state index contributed by atoms with van der Waals surface area (Å²) >= 11 is 1.21. The highest BCUT2D eigenvalue weighted by atomic mass is 32.2. The molecule has 1 aromatic heterocycles. The molecule has 2 N–H and O–H groups in total. The quantitative estimate of drug-likeness (QED) is 0.890. The lowest BCUT2D eigenvalue weighted by Crippen LogP contribution is -2.21. The van der Waals surface area contributed by atoms with E-state index in [0.717, 1.165) is 11.3 Å². The molecular formula is C14H17NO3S2. The maximum absolute atomic E-state index is 12.2. The standard InChI is InChI=1S/C14H17NO3S2/c1-2-18-12-7-5-11(6-8-12)13(15)10-20(16,17)14-4-3-9-19-14/h3-9,13H,2,10,15H2,1H3. The van der Waals surface area contributed by atoms with Crippen molar-refractivity contribution in [3.05, 3.63) is 47.3 Å². The number of benzene rings is 1. The summed E-state index contributed by atoms with van der Waals surface area (Å²) in [6.07, 6.45) is 0. The molecule has 0 fully saturated rings. The normalized spacial score (nSPS) is 13.1. The maximum atomic E-state index is 12.2. The first-order chi connectivity index (χ1) is 9.53. The highest BCUT2D eigenvalue weighted by Crippen LogP contribution is 2.23. The summed E-state index contributed by atoms with van der Waals surface area (Å²) in [5.41, 5.74) is 6.78.